The average molecular weight is 448 g/mol. The molecule has 2 rings (SSSR count). The van der Waals surface area contributed by atoms with Crippen molar-refractivity contribution in [1.29, 1.82) is 0 Å². The number of carbonyl (C=O) groups is 2. The second-order valence-corrected chi connectivity index (χ2v) is 6.62. The monoisotopic (exact) mass is 447 g/mol. The molecule has 0 bridgehead atoms. The van der Waals surface area contributed by atoms with Crippen LogP contribution in [0.25, 0.3) is 0 Å². The van der Waals surface area contributed by atoms with Gasteiger partial charge in [0.15, 0.2) is 11.5 Å². The zero-order valence-corrected chi connectivity index (χ0v) is 17.4. The fourth-order valence-electron chi connectivity index (χ4n) is 2.23. The number of hydrazone groups is 1. The number of amides is 2. The van der Waals surface area contributed by atoms with Crippen molar-refractivity contribution in [1.82, 2.24) is 5.43 Å². The second kappa shape index (κ2) is 10.5. The molecular weight excluding hydrogens is 426 g/mol. The lowest BCUT2D eigenvalue weighted by molar-refractivity contribution is -0.131. The number of hydrogen-bond acceptors (Lipinski definition) is 5. The second-order valence-electron chi connectivity index (χ2n) is 5.77. The molecule has 0 spiro atoms. The Hall–Kier alpha value is -2.87. The van der Waals surface area contributed by atoms with E-state index < -0.39 is 17.7 Å². The van der Waals surface area contributed by atoms with Gasteiger partial charge in [0.25, 0.3) is 5.91 Å². The molecule has 148 valence electrons. The molecule has 0 aliphatic rings. The van der Waals surface area contributed by atoms with Gasteiger partial charge in [0, 0.05) is 4.47 Å². The van der Waals surface area contributed by atoms with Crippen LogP contribution in [0.5, 0.6) is 11.5 Å². The minimum Gasteiger partial charge on any atom is -0.493 e. The van der Waals surface area contributed by atoms with Crippen LogP contribution in [0, 0.1) is 5.92 Å². The Kier molecular flexibility index (Phi) is 8.01. The third-order valence-electron chi connectivity index (χ3n) is 3.79. The Labute approximate surface area is 172 Å². The van der Waals surface area contributed by atoms with E-state index in [4.69, 9.17) is 9.47 Å². The van der Waals surface area contributed by atoms with Crippen molar-refractivity contribution in [2.24, 2.45) is 11.0 Å². The van der Waals surface area contributed by atoms with Crippen LogP contribution in [0.15, 0.2) is 52.0 Å². The molecule has 2 aromatic rings. The summed E-state index contributed by atoms with van der Waals surface area (Å²) < 4.78 is 11.5. The summed E-state index contributed by atoms with van der Waals surface area (Å²) in [5.74, 6) is -0.664. The number of hydrogen-bond donors (Lipinski definition) is 2. The van der Waals surface area contributed by atoms with Gasteiger partial charge >= 0.3 is 0 Å². The number of benzene rings is 2. The van der Waals surface area contributed by atoms with Gasteiger partial charge in [0.05, 0.1) is 25.6 Å². The van der Waals surface area contributed by atoms with E-state index in [-0.39, 0.29) is 0 Å². The van der Waals surface area contributed by atoms with Crippen LogP contribution in [0.4, 0.5) is 5.69 Å². The first-order chi connectivity index (χ1) is 13.5. The van der Waals surface area contributed by atoms with E-state index in [1.807, 2.05) is 13.0 Å². The lowest BCUT2D eigenvalue weighted by Crippen LogP contribution is -2.34. The SMILES string of the molecule is CCOc1cc(C=NNC(=O)C(C)C(=O)Nc2ccccc2Br)ccc1OC. The van der Waals surface area contributed by atoms with Gasteiger partial charge in [-0.15, -0.1) is 0 Å². The molecule has 7 nitrogen and oxygen atoms in total. The molecule has 0 fully saturated rings. The zero-order valence-electron chi connectivity index (χ0n) is 15.9. The van der Waals surface area contributed by atoms with E-state index in [1.54, 1.807) is 43.5 Å². The number of para-hydroxylation sites is 1. The van der Waals surface area contributed by atoms with Crippen LogP contribution in [-0.2, 0) is 9.59 Å². The summed E-state index contributed by atoms with van der Waals surface area (Å²) in [7, 11) is 1.56. The highest BCUT2D eigenvalue weighted by molar-refractivity contribution is 9.10. The van der Waals surface area contributed by atoms with E-state index >= 15 is 0 Å². The van der Waals surface area contributed by atoms with Crippen molar-refractivity contribution in [3.05, 3.63) is 52.5 Å². The number of nitrogens with one attached hydrogen (secondary N) is 2. The number of ether oxygens (including phenoxy) is 2. The molecule has 0 radical (unpaired) electrons. The Morgan fingerprint density at radius 3 is 2.61 bits per heavy atom. The van der Waals surface area contributed by atoms with Crippen molar-refractivity contribution in [2.45, 2.75) is 13.8 Å². The summed E-state index contributed by atoms with van der Waals surface area (Å²) in [6.45, 7) is 3.89. The maximum Gasteiger partial charge on any atom is 0.252 e. The zero-order chi connectivity index (χ0) is 20.5. The van der Waals surface area contributed by atoms with Crippen LogP contribution in [-0.4, -0.2) is 31.7 Å². The van der Waals surface area contributed by atoms with Crippen LogP contribution >= 0.6 is 15.9 Å². The largest absolute Gasteiger partial charge is 0.493 e. The molecule has 0 aliphatic heterocycles. The molecule has 0 saturated carbocycles. The molecule has 8 heteroatoms. The highest BCUT2D eigenvalue weighted by atomic mass is 79.9. The third kappa shape index (κ3) is 5.82. The van der Waals surface area contributed by atoms with Crippen LogP contribution < -0.4 is 20.2 Å². The van der Waals surface area contributed by atoms with Crippen molar-refractivity contribution < 1.29 is 19.1 Å². The first-order valence-corrected chi connectivity index (χ1v) is 9.44. The van der Waals surface area contributed by atoms with Gasteiger partial charge in [-0.25, -0.2) is 5.43 Å². The van der Waals surface area contributed by atoms with Crippen LogP contribution in [0.3, 0.4) is 0 Å². The van der Waals surface area contributed by atoms with Gasteiger partial charge < -0.3 is 14.8 Å². The smallest absolute Gasteiger partial charge is 0.252 e. The Morgan fingerprint density at radius 1 is 1.18 bits per heavy atom. The van der Waals surface area contributed by atoms with Gasteiger partial charge in [-0.3, -0.25) is 9.59 Å². The normalized spacial score (nSPS) is 11.7. The van der Waals surface area contributed by atoms with Crippen molar-refractivity contribution in [3.8, 4) is 11.5 Å². The van der Waals surface area contributed by atoms with Gasteiger partial charge in [-0.1, -0.05) is 12.1 Å². The van der Waals surface area contributed by atoms with E-state index in [9.17, 15) is 9.59 Å². The van der Waals surface area contributed by atoms with Gasteiger partial charge in [-0.2, -0.15) is 5.10 Å². The summed E-state index contributed by atoms with van der Waals surface area (Å²) in [6.07, 6.45) is 1.47. The predicted octanol–water partition coefficient (Wildman–Crippen LogP) is 3.58. The molecule has 2 N–H and O–H groups in total. The first kappa shape index (κ1) is 21.4. The molecule has 2 aromatic carbocycles. The van der Waals surface area contributed by atoms with Gasteiger partial charge in [-0.05, 0) is 65.7 Å². The summed E-state index contributed by atoms with van der Waals surface area (Å²) >= 11 is 3.35. The van der Waals surface area contributed by atoms with Crippen molar-refractivity contribution >= 4 is 39.6 Å². The van der Waals surface area contributed by atoms with Crippen LogP contribution in [0.1, 0.15) is 19.4 Å². The Morgan fingerprint density at radius 2 is 1.93 bits per heavy atom. The van der Waals surface area contributed by atoms with E-state index in [1.165, 1.54) is 13.1 Å². The number of halogens is 1. The predicted molar refractivity (Wildman–Crippen MR) is 112 cm³/mol. The van der Waals surface area contributed by atoms with Crippen LogP contribution in [0.2, 0.25) is 0 Å². The van der Waals surface area contributed by atoms with E-state index in [0.29, 0.717) is 23.8 Å². The summed E-state index contributed by atoms with van der Waals surface area (Å²) in [6, 6.07) is 12.4. The fraction of sp³-hybridized carbons (Fsp3) is 0.250. The number of anilines is 1. The molecule has 0 aliphatic carbocycles. The highest BCUT2D eigenvalue weighted by Gasteiger charge is 2.21. The summed E-state index contributed by atoms with van der Waals surface area (Å²) in [5, 5.41) is 6.62. The quantitative estimate of drug-likeness (QED) is 0.367. The summed E-state index contributed by atoms with van der Waals surface area (Å²) in [4.78, 5) is 24.4. The molecule has 1 atom stereocenters. The third-order valence-corrected chi connectivity index (χ3v) is 4.49. The van der Waals surface area contributed by atoms with E-state index in [0.717, 1.165) is 10.0 Å². The minimum atomic E-state index is -0.917. The molecular formula is C20H22BrN3O4. The molecule has 0 heterocycles. The van der Waals surface area contributed by atoms with Gasteiger partial charge in [0.2, 0.25) is 5.91 Å². The Bertz CT molecular complexity index is 870. The average Bonchev–Trinajstić information content (AvgIpc) is 2.69. The maximum atomic E-state index is 12.3. The van der Waals surface area contributed by atoms with Crippen molar-refractivity contribution in [2.75, 3.05) is 19.0 Å². The molecule has 1 unspecified atom stereocenters. The highest BCUT2D eigenvalue weighted by Crippen LogP contribution is 2.27. The number of carbonyl (C=O) groups excluding carboxylic acids is 2. The van der Waals surface area contributed by atoms with E-state index in [2.05, 4.69) is 31.8 Å². The number of methoxy groups -OCH3 is 1. The molecule has 0 aromatic heterocycles. The molecule has 0 saturated heterocycles. The number of nitrogens with zero attached hydrogens (tertiary/aromatic N) is 1. The Balaban J connectivity index is 1.96. The molecule has 2 amide bonds. The fourth-order valence-corrected chi connectivity index (χ4v) is 2.62. The first-order valence-electron chi connectivity index (χ1n) is 8.65. The maximum absolute atomic E-state index is 12.3. The standard InChI is InChI=1S/C20H22BrN3O4/c1-4-28-18-11-14(9-10-17(18)27-3)12-22-24-20(26)13(2)19(25)23-16-8-6-5-7-15(16)21/h5-13H,4H2,1-3H3,(H,23,25)(H,24,26). The lowest BCUT2D eigenvalue weighted by atomic mass is 10.1. The lowest BCUT2D eigenvalue weighted by Gasteiger charge is -2.12. The molecule has 28 heavy (non-hydrogen) atoms. The van der Waals surface area contributed by atoms with Gasteiger partial charge in [0.1, 0.15) is 5.92 Å². The summed E-state index contributed by atoms with van der Waals surface area (Å²) in [5.41, 5.74) is 3.69. The van der Waals surface area contributed by atoms with Crippen molar-refractivity contribution in [3.63, 3.8) is 0 Å². The number of rotatable bonds is 8. The minimum absolute atomic E-state index is 0.428. The topological polar surface area (TPSA) is 89.0 Å².